The summed E-state index contributed by atoms with van der Waals surface area (Å²) in [5, 5.41) is 2.09. The minimum absolute atomic E-state index is 0.379. The lowest BCUT2D eigenvalue weighted by Gasteiger charge is -2.07. The zero-order valence-electron chi connectivity index (χ0n) is 8.25. The van der Waals surface area contributed by atoms with Crippen LogP contribution in [0.3, 0.4) is 0 Å². The second-order valence-electron chi connectivity index (χ2n) is 3.49. The quantitative estimate of drug-likeness (QED) is 0.706. The van der Waals surface area contributed by atoms with Gasteiger partial charge in [-0.25, -0.2) is 0 Å². The number of hydrogen-bond acceptors (Lipinski definition) is 2. The average Bonchev–Trinajstić information content (AvgIpc) is 2.56. The SMILES string of the molecule is CCC(=O)CC(C)Cc1cccs1. The second kappa shape index (κ2) is 5.18. The summed E-state index contributed by atoms with van der Waals surface area (Å²) in [4.78, 5) is 12.5. The third-order valence-electron chi connectivity index (χ3n) is 2.10. The summed E-state index contributed by atoms with van der Waals surface area (Å²) < 4.78 is 0. The van der Waals surface area contributed by atoms with E-state index in [1.165, 1.54) is 4.88 Å². The molecule has 1 rings (SSSR count). The molecule has 0 aliphatic carbocycles. The monoisotopic (exact) mass is 196 g/mol. The summed E-state index contributed by atoms with van der Waals surface area (Å²) in [6.07, 6.45) is 2.45. The molecule has 0 amide bonds. The van der Waals surface area contributed by atoms with Crippen molar-refractivity contribution in [2.75, 3.05) is 0 Å². The summed E-state index contributed by atoms with van der Waals surface area (Å²) in [6.45, 7) is 4.08. The summed E-state index contributed by atoms with van der Waals surface area (Å²) in [5.41, 5.74) is 0. The van der Waals surface area contributed by atoms with Gasteiger partial charge in [-0.3, -0.25) is 4.79 Å². The Hall–Kier alpha value is -0.630. The lowest BCUT2D eigenvalue weighted by atomic mass is 9.99. The fourth-order valence-electron chi connectivity index (χ4n) is 1.38. The molecule has 0 bridgehead atoms. The fourth-order valence-corrected chi connectivity index (χ4v) is 2.25. The van der Waals surface area contributed by atoms with E-state index >= 15 is 0 Å². The van der Waals surface area contributed by atoms with E-state index in [4.69, 9.17) is 0 Å². The molecular formula is C11H16OS. The molecule has 0 aliphatic rings. The maximum absolute atomic E-state index is 11.2. The molecule has 0 aliphatic heterocycles. The van der Waals surface area contributed by atoms with Crippen LogP contribution in [0, 0.1) is 5.92 Å². The lowest BCUT2D eigenvalue weighted by molar-refractivity contribution is -0.119. The molecule has 0 aromatic carbocycles. The van der Waals surface area contributed by atoms with Crippen molar-refractivity contribution in [3.63, 3.8) is 0 Å². The van der Waals surface area contributed by atoms with Crippen molar-refractivity contribution < 1.29 is 4.79 Å². The molecule has 1 aromatic heterocycles. The van der Waals surface area contributed by atoms with Crippen LogP contribution in [0.5, 0.6) is 0 Å². The number of thiophene rings is 1. The van der Waals surface area contributed by atoms with E-state index < -0.39 is 0 Å². The van der Waals surface area contributed by atoms with Crippen LogP contribution in [-0.2, 0) is 11.2 Å². The fraction of sp³-hybridized carbons (Fsp3) is 0.545. The van der Waals surface area contributed by atoms with E-state index in [0.717, 1.165) is 12.8 Å². The first kappa shape index (κ1) is 10.5. The Kier molecular flexibility index (Phi) is 4.16. The Bertz CT molecular complexity index is 251. The number of rotatable bonds is 5. The van der Waals surface area contributed by atoms with Crippen molar-refractivity contribution in [3.05, 3.63) is 22.4 Å². The molecule has 0 fully saturated rings. The molecule has 0 saturated heterocycles. The number of carbonyl (C=O) groups excluding carboxylic acids is 1. The number of ketones is 1. The Morgan fingerprint density at radius 3 is 2.92 bits per heavy atom. The molecule has 2 heteroatoms. The molecule has 72 valence electrons. The Balaban J connectivity index is 2.33. The van der Waals surface area contributed by atoms with Gasteiger partial charge in [-0.2, -0.15) is 0 Å². The van der Waals surface area contributed by atoms with Gasteiger partial charge < -0.3 is 0 Å². The van der Waals surface area contributed by atoms with Crippen molar-refractivity contribution in [3.8, 4) is 0 Å². The van der Waals surface area contributed by atoms with Crippen LogP contribution in [0.1, 0.15) is 31.6 Å². The third kappa shape index (κ3) is 3.73. The van der Waals surface area contributed by atoms with Gasteiger partial charge in [0.2, 0.25) is 0 Å². The molecule has 1 atom stereocenters. The van der Waals surface area contributed by atoms with Crippen molar-refractivity contribution >= 4 is 17.1 Å². The largest absolute Gasteiger partial charge is 0.300 e. The summed E-state index contributed by atoms with van der Waals surface area (Å²) in [7, 11) is 0. The lowest BCUT2D eigenvalue weighted by Crippen LogP contribution is -2.06. The first-order chi connectivity index (χ1) is 6.22. The van der Waals surface area contributed by atoms with Crippen LogP contribution in [0.25, 0.3) is 0 Å². The number of carbonyl (C=O) groups is 1. The third-order valence-corrected chi connectivity index (χ3v) is 3.00. The van der Waals surface area contributed by atoms with Crippen LogP contribution >= 0.6 is 11.3 Å². The zero-order valence-corrected chi connectivity index (χ0v) is 9.06. The summed E-state index contributed by atoms with van der Waals surface area (Å²) in [5.74, 6) is 0.871. The minimum atomic E-state index is 0.379. The zero-order chi connectivity index (χ0) is 9.68. The molecule has 0 N–H and O–H groups in total. The predicted molar refractivity (Wildman–Crippen MR) is 57.1 cm³/mol. The molecule has 1 nitrogen and oxygen atoms in total. The van der Waals surface area contributed by atoms with Crippen molar-refractivity contribution in [2.24, 2.45) is 5.92 Å². The van der Waals surface area contributed by atoms with Gasteiger partial charge in [-0.05, 0) is 23.8 Å². The van der Waals surface area contributed by atoms with Gasteiger partial charge in [-0.15, -0.1) is 11.3 Å². The molecule has 1 heterocycles. The highest BCUT2D eigenvalue weighted by Gasteiger charge is 2.08. The Labute approximate surface area is 83.8 Å². The van der Waals surface area contributed by atoms with Crippen LogP contribution in [0.2, 0.25) is 0 Å². The van der Waals surface area contributed by atoms with E-state index in [9.17, 15) is 4.79 Å². The van der Waals surface area contributed by atoms with Crippen molar-refractivity contribution in [1.29, 1.82) is 0 Å². The van der Waals surface area contributed by atoms with Crippen LogP contribution in [-0.4, -0.2) is 5.78 Å². The van der Waals surface area contributed by atoms with Gasteiger partial charge in [0.25, 0.3) is 0 Å². The highest BCUT2D eigenvalue weighted by Crippen LogP contribution is 2.16. The average molecular weight is 196 g/mol. The standard InChI is InChI=1S/C11H16OS/c1-3-10(12)7-9(2)8-11-5-4-6-13-11/h4-6,9H,3,7-8H2,1-2H3. The number of Topliss-reactive ketones (excluding diaryl/α,β-unsaturated/α-hetero) is 1. The molecule has 0 radical (unpaired) electrons. The van der Waals surface area contributed by atoms with Crippen LogP contribution in [0.4, 0.5) is 0 Å². The van der Waals surface area contributed by atoms with Gasteiger partial charge in [-0.1, -0.05) is 19.9 Å². The van der Waals surface area contributed by atoms with Gasteiger partial charge in [0.1, 0.15) is 5.78 Å². The van der Waals surface area contributed by atoms with Crippen LogP contribution in [0.15, 0.2) is 17.5 Å². The molecule has 0 spiro atoms. The first-order valence-corrected chi connectivity index (χ1v) is 5.64. The van der Waals surface area contributed by atoms with Crippen molar-refractivity contribution in [2.45, 2.75) is 33.1 Å². The predicted octanol–water partition coefficient (Wildman–Crippen LogP) is 3.30. The molecule has 0 saturated carbocycles. The minimum Gasteiger partial charge on any atom is -0.300 e. The van der Waals surface area contributed by atoms with Crippen LogP contribution < -0.4 is 0 Å². The second-order valence-corrected chi connectivity index (χ2v) is 4.52. The van der Waals surface area contributed by atoms with Gasteiger partial charge in [0.05, 0.1) is 0 Å². The summed E-state index contributed by atoms with van der Waals surface area (Å²) >= 11 is 1.77. The maximum atomic E-state index is 11.2. The van der Waals surface area contributed by atoms with E-state index in [2.05, 4.69) is 24.4 Å². The van der Waals surface area contributed by atoms with E-state index in [1.807, 2.05) is 6.92 Å². The molecular weight excluding hydrogens is 180 g/mol. The highest BCUT2D eigenvalue weighted by molar-refractivity contribution is 7.09. The maximum Gasteiger partial charge on any atom is 0.132 e. The number of hydrogen-bond donors (Lipinski definition) is 0. The molecule has 13 heavy (non-hydrogen) atoms. The topological polar surface area (TPSA) is 17.1 Å². The van der Waals surface area contributed by atoms with E-state index in [-0.39, 0.29) is 0 Å². The summed E-state index contributed by atoms with van der Waals surface area (Å²) in [6, 6.07) is 4.20. The normalized spacial score (nSPS) is 12.8. The van der Waals surface area contributed by atoms with Gasteiger partial charge >= 0.3 is 0 Å². The van der Waals surface area contributed by atoms with Gasteiger partial charge in [0, 0.05) is 17.7 Å². The Morgan fingerprint density at radius 2 is 2.38 bits per heavy atom. The van der Waals surface area contributed by atoms with E-state index in [0.29, 0.717) is 18.1 Å². The van der Waals surface area contributed by atoms with Crippen molar-refractivity contribution in [1.82, 2.24) is 0 Å². The van der Waals surface area contributed by atoms with Gasteiger partial charge in [0.15, 0.2) is 0 Å². The molecule has 1 aromatic rings. The first-order valence-electron chi connectivity index (χ1n) is 4.76. The molecule has 1 unspecified atom stereocenters. The smallest absolute Gasteiger partial charge is 0.132 e. The highest BCUT2D eigenvalue weighted by atomic mass is 32.1. The Morgan fingerprint density at radius 1 is 1.62 bits per heavy atom. The van der Waals surface area contributed by atoms with E-state index in [1.54, 1.807) is 11.3 Å².